The summed E-state index contributed by atoms with van der Waals surface area (Å²) < 4.78 is 5.58. The number of H-pyrrole nitrogens is 1. The lowest BCUT2D eigenvalue weighted by Gasteiger charge is -2.05. The third-order valence-corrected chi connectivity index (χ3v) is 4.19. The highest BCUT2D eigenvalue weighted by Crippen LogP contribution is 2.18. The smallest absolute Gasteiger partial charge is 0.289 e. The molecule has 0 atom stereocenters. The van der Waals surface area contributed by atoms with Crippen molar-refractivity contribution >= 4 is 34.8 Å². The van der Waals surface area contributed by atoms with Gasteiger partial charge in [-0.25, -0.2) is 4.98 Å². The van der Waals surface area contributed by atoms with E-state index in [0.29, 0.717) is 15.8 Å². The molecular formula is C15H13ClN6O3S. The molecule has 0 bridgehead atoms. The Kier molecular flexibility index (Phi) is 5.44. The van der Waals surface area contributed by atoms with E-state index in [2.05, 4.69) is 31.0 Å². The number of rotatable bonds is 6. The molecule has 1 aromatic carbocycles. The summed E-state index contributed by atoms with van der Waals surface area (Å²) in [7, 11) is 0. The third kappa shape index (κ3) is 4.55. The quantitative estimate of drug-likeness (QED) is 0.548. The molecule has 26 heavy (non-hydrogen) atoms. The van der Waals surface area contributed by atoms with Crippen LogP contribution >= 0.6 is 22.9 Å². The fourth-order valence-corrected chi connectivity index (χ4v) is 2.60. The summed E-state index contributed by atoms with van der Waals surface area (Å²) in [6.45, 7) is 1.75. The Bertz CT molecular complexity index is 972. The summed E-state index contributed by atoms with van der Waals surface area (Å²) in [4.78, 5) is 30.1. The van der Waals surface area contributed by atoms with Crippen LogP contribution < -0.4 is 21.1 Å². The van der Waals surface area contributed by atoms with Gasteiger partial charge in [0.05, 0.1) is 0 Å². The van der Waals surface area contributed by atoms with Crippen LogP contribution in [0.15, 0.2) is 34.4 Å². The van der Waals surface area contributed by atoms with Gasteiger partial charge in [-0.2, -0.15) is 0 Å². The van der Waals surface area contributed by atoms with Crippen molar-refractivity contribution in [2.75, 3.05) is 5.43 Å². The van der Waals surface area contributed by atoms with Crippen molar-refractivity contribution in [2.45, 2.75) is 13.5 Å². The molecule has 0 radical (unpaired) electrons. The Morgan fingerprint density at radius 1 is 1.31 bits per heavy atom. The minimum Gasteiger partial charge on any atom is -0.486 e. The van der Waals surface area contributed by atoms with Gasteiger partial charge in [0.1, 0.15) is 28.8 Å². The van der Waals surface area contributed by atoms with Crippen LogP contribution in [0.2, 0.25) is 5.02 Å². The highest BCUT2D eigenvalue weighted by Gasteiger charge is 2.11. The Morgan fingerprint density at radius 3 is 2.81 bits per heavy atom. The molecule has 0 saturated heterocycles. The Hall–Kier alpha value is -2.98. The second kappa shape index (κ2) is 7.93. The zero-order valence-corrected chi connectivity index (χ0v) is 15.0. The lowest BCUT2D eigenvalue weighted by atomic mass is 10.3. The van der Waals surface area contributed by atoms with E-state index in [4.69, 9.17) is 16.3 Å². The fraction of sp³-hybridized carbons (Fsp3) is 0.133. The molecular weight excluding hydrogens is 380 g/mol. The molecule has 0 aliphatic carbocycles. The molecule has 0 unspecified atom stereocenters. The van der Waals surface area contributed by atoms with Gasteiger partial charge in [0.25, 0.3) is 11.5 Å². The van der Waals surface area contributed by atoms with Gasteiger partial charge in [-0.3, -0.25) is 25.4 Å². The maximum atomic E-state index is 12.1. The molecule has 0 saturated carbocycles. The van der Waals surface area contributed by atoms with E-state index >= 15 is 0 Å². The number of anilines is 1. The number of hydrogen-bond donors (Lipinski definition) is 3. The number of benzene rings is 1. The minimum absolute atomic E-state index is 0.0236. The molecule has 2 heterocycles. The summed E-state index contributed by atoms with van der Waals surface area (Å²) in [6.07, 6.45) is 0. The van der Waals surface area contributed by atoms with Crippen LogP contribution in [0.3, 0.4) is 0 Å². The second-order valence-electron chi connectivity index (χ2n) is 5.04. The van der Waals surface area contributed by atoms with Crippen LogP contribution in [0.5, 0.6) is 5.75 Å². The number of aromatic amines is 1. The molecule has 9 nitrogen and oxygen atoms in total. The normalized spacial score (nSPS) is 10.4. The van der Waals surface area contributed by atoms with Gasteiger partial charge >= 0.3 is 0 Å². The maximum Gasteiger partial charge on any atom is 0.289 e. The van der Waals surface area contributed by atoms with E-state index in [1.807, 2.05) is 0 Å². The van der Waals surface area contributed by atoms with Crippen LogP contribution in [0.1, 0.15) is 21.2 Å². The van der Waals surface area contributed by atoms with E-state index in [1.165, 1.54) is 18.3 Å². The third-order valence-electron chi connectivity index (χ3n) is 3.12. The number of amides is 1. The number of ether oxygens (including phenoxy) is 1. The summed E-state index contributed by atoms with van der Waals surface area (Å²) in [6, 6.07) is 6.94. The largest absolute Gasteiger partial charge is 0.486 e. The van der Waals surface area contributed by atoms with Gasteiger partial charge in [0, 0.05) is 10.4 Å². The van der Waals surface area contributed by atoms with Crippen molar-refractivity contribution in [3.05, 3.63) is 61.4 Å². The van der Waals surface area contributed by atoms with Gasteiger partial charge in [0.15, 0.2) is 0 Å². The average molecular weight is 393 g/mol. The molecule has 0 aliphatic rings. The average Bonchev–Trinajstić information content (AvgIpc) is 3.11. The molecule has 0 fully saturated rings. The fourth-order valence-electron chi connectivity index (χ4n) is 1.79. The Balaban J connectivity index is 1.54. The van der Waals surface area contributed by atoms with Gasteiger partial charge in [-0.15, -0.1) is 21.5 Å². The Morgan fingerprint density at radius 2 is 2.08 bits per heavy atom. The molecule has 1 amide bonds. The second-order valence-corrected chi connectivity index (χ2v) is 6.42. The van der Waals surface area contributed by atoms with Gasteiger partial charge in [-0.05, 0) is 31.2 Å². The van der Waals surface area contributed by atoms with Crippen molar-refractivity contribution in [2.24, 2.45) is 0 Å². The van der Waals surface area contributed by atoms with Crippen LogP contribution in [-0.2, 0) is 6.61 Å². The molecule has 0 spiro atoms. The van der Waals surface area contributed by atoms with Crippen LogP contribution in [-0.4, -0.2) is 26.1 Å². The van der Waals surface area contributed by atoms with E-state index in [-0.39, 0.29) is 23.9 Å². The van der Waals surface area contributed by atoms with Crippen molar-refractivity contribution in [1.82, 2.24) is 25.6 Å². The number of hydrazine groups is 1. The molecule has 3 aromatic rings. The van der Waals surface area contributed by atoms with Crippen LogP contribution in [0.4, 0.5) is 5.95 Å². The van der Waals surface area contributed by atoms with E-state index < -0.39 is 11.5 Å². The number of aromatic nitrogens is 4. The standard InChI is InChI=1S/C15H13ClN6O3S/c1-8-13(23)18-15(21-19-8)22-20-14(24)11-7-26-12(17-11)6-25-10-4-2-9(16)3-5-10/h2-5,7H,6H2,1H3,(H,20,24)(H2,18,21,22,23). The van der Waals surface area contributed by atoms with E-state index in [1.54, 1.807) is 29.6 Å². The summed E-state index contributed by atoms with van der Waals surface area (Å²) >= 11 is 7.10. The summed E-state index contributed by atoms with van der Waals surface area (Å²) in [5, 5.41) is 10.2. The molecule has 11 heteroatoms. The van der Waals surface area contributed by atoms with Crippen LogP contribution in [0.25, 0.3) is 0 Å². The van der Waals surface area contributed by atoms with Gasteiger partial charge < -0.3 is 4.74 Å². The lowest BCUT2D eigenvalue weighted by molar-refractivity contribution is 0.0957. The number of nitrogens with zero attached hydrogens (tertiary/aromatic N) is 3. The number of aryl methyl sites for hydroxylation is 1. The molecule has 2 aromatic heterocycles. The number of carbonyl (C=O) groups is 1. The highest BCUT2D eigenvalue weighted by atomic mass is 35.5. The summed E-state index contributed by atoms with van der Waals surface area (Å²) in [5.74, 6) is 0.192. The van der Waals surface area contributed by atoms with Crippen molar-refractivity contribution in [3.8, 4) is 5.75 Å². The van der Waals surface area contributed by atoms with Crippen LogP contribution in [0, 0.1) is 6.92 Å². The first kappa shape index (κ1) is 17.8. The van der Waals surface area contributed by atoms with E-state index in [0.717, 1.165) is 0 Å². The number of carbonyl (C=O) groups excluding carboxylic acids is 1. The SMILES string of the molecule is Cc1nnc(NNC(=O)c2csc(COc3ccc(Cl)cc3)n2)[nH]c1=O. The molecule has 3 rings (SSSR count). The summed E-state index contributed by atoms with van der Waals surface area (Å²) in [5.41, 5.74) is 4.90. The predicted molar refractivity (Wildman–Crippen MR) is 96.4 cm³/mol. The highest BCUT2D eigenvalue weighted by molar-refractivity contribution is 7.09. The lowest BCUT2D eigenvalue weighted by Crippen LogP contribution is -2.32. The maximum absolute atomic E-state index is 12.1. The number of halogens is 1. The monoisotopic (exact) mass is 392 g/mol. The predicted octanol–water partition coefficient (Wildman–Crippen LogP) is 1.92. The number of nitrogens with one attached hydrogen (secondary N) is 3. The number of thiazole rings is 1. The number of hydrogen-bond acceptors (Lipinski definition) is 8. The van der Waals surface area contributed by atoms with Gasteiger partial charge in [-0.1, -0.05) is 11.6 Å². The molecule has 0 aliphatic heterocycles. The molecule has 3 N–H and O–H groups in total. The van der Waals surface area contributed by atoms with Crippen molar-refractivity contribution < 1.29 is 9.53 Å². The first-order chi connectivity index (χ1) is 12.5. The van der Waals surface area contributed by atoms with Crippen molar-refractivity contribution in [1.29, 1.82) is 0 Å². The zero-order valence-electron chi connectivity index (χ0n) is 13.4. The van der Waals surface area contributed by atoms with Crippen molar-refractivity contribution in [3.63, 3.8) is 0 Å². The Labute approximate surface area is 156 Å². The van der Waals surface area contributed by atoms with Gasteiger partial charge in [0.2, 0.25) is 5.95 Å². The zero-order chi connectivity index (χ0) is 18.5. The first-order valence-corrected chi connectivity index (χ1v) is 8.60. The first-order valence-electron chi connectivity index (χ1n) is 7.34. The van der Waals surface area contributed by atoms with E-state index in [9.17, 15) is 9.59 Å². The minimum atomic E-state index is -0.484. The topological polar surface area (TPSA) is 122 Å². The molecule has 134 valence electrons.